The van der Waals surface area contributed by atoms with Crippen molar-refractivity contribution in [1.82, 2.24) is 0 Å². The molecular weight excluding hydrogens is 412 g/mol. The van der Waals surface area contributed by atoms with E-state index >= 15 is 0 Å². The number of aromatic carboxylic acids is 1. The summed E-state index contributed by atoms with van der Waals surface area (Å²) < 4.78 is 0. The van der Waals surface area contributed by atoms with Crippen LogP contribution < -0.4 is 10.6 Å². The number of thioether (sulfide) groups is 1. The Morgan fingerprint density at radius 2 is 1.45 bits per heavy atom. The molecule has 0 radical (unpaired) electrons. The van der Waals surface area contributed by atoms with Crippen LogP contribution in [0.5, 0.6) is 0 Å². The highest BCUT2D eigenvalue weighted by Crippen LogP contribution is 2.26. The first-order valence-corrected chi connectivity index (χ1v) is 10.5. The number of nitrogens with one attached hydrogen (secondary N) is 2. The van der Waals surface area contributed by atoms with Crippen molar-refractivity contribution < 1.29 is 19.5 Å². The minimum absolute atomic E-state index is 0.0549. The highest BCUT2D eigenvalue weighted by molar-refractivity contribution is 8.00. The lowest BCUT2D eigenvalue weighted by Gasteiger charge is -2.14. The summed E-state index contributed by atoms with van der Waals surface area (Å²) in [5, 5.41) is 14.6. The Morgan fingerprint density at radius 1 is 0.839 bits per heavy atom. The normalized spacial score (nSPS) is 11.4. The van der Waals surface area contributed by atoms with Crippen molar-refractivity contribution in [3.63, 3.8) is 0 Å². The van der Waals surface area contributed by atoms with Crippen LogP contribution in [-0.4, -0.2) is 28.1 Å². The van der Waals surface area contributed by atoms with Gasteiger partial charge in [-0.2, -0.15) is 0 Å². The Balaban J connectivity index is 1.61. The van der Waals surface area contributed by atoms with E-state index in [-0.39, 0.29) is 22.3 Å². The van der Waals surface area contributed by atoms with Crippen molar-refractivity contribution in [2.75, 3.05) is 10.6 Å². The van der Waals surface area contributed by atoms with Gasteiger partial charge >= 0.3 is 5.97 Å². The van der Waals surface area contributed by atoms with Crippen molar-refractivity contribution in [2.24, 2.45) is 0 Å². The molecule has 0 aliphatic rings. The molecule has 0 saturated carbocycles. The second-order valence-corrected chi connectivity index (χ2v) is 8.31. The number of hydrogen-bond donors (Lipinski definition) is 3. The second kappa shape index (κ2) is 9.95. The quantitative estimate of drug-likeness (QED) is 0.452. The number of para-hydroxylation sites is 1. The van der Waals surface area contributed by atoms with Gasteiger partial charge in [0.05, 0.1) is 16.4 Å². The fourth-order valence-corrected chi connectivity index (χ4v) is 3.76. The number of aryl methyl sites for hydroxylation is 1. The van der Waals surface area contributed by atoms with Crippen molar-refractivity contribution in [3.05, 3.63) is 89.5 Å². The number of carboxylic acid groups (broad SMARTS) is 1. The summed E-state index contributed by atoms with van der Waals surface area (Å²) in [7, 11) is 0. The van der Waals surface area contributed by atoms with Crippen molar-refractivity contribution in [1.29, 1.82) is 0 Å². The molecule has 0 aromatic heterocycles. The van der Waals surface area contributed by atoms with Crippen LogP contribution in [0.2, 0.25) is 0 Å². The Hall–Kier alpha value is -3.58. The van der Waals surface area contributed by atoms with E-state index in [4.69, 9.17) is 0 Å². The van der Waals surface area contributed by atoms with Crippen LogP contribution in [0.25, 0.3) is 0 Å². The van der Waals surface area contributed by atoms with Gasteiger partial charge < -0.3 is 15.7 Å². The summed E-state index contributed by atoms with van der Waals surface area (Å²) in [5.74, 6) is -1.75. The van der Waals surface area contributed by atoms with Crippen LogP contribution in [0.1, 0.15) is 33.2 Å². The van der Waals surface area contributed by atoms with Gasteiger partial charge in [0.25, 0.3) is 5.91 Å². The lowest BCUT2D eigenvalue weighted by Crippen LogP contribution is -2.22. The predicted octanol–water partition coefficient (Wildman–Crippen LogP) is 5.06. The molecule has 0 saturated heterocycles. The SMILES string of the molecule is Cc1ccccc1NC(=O)C(C)Sc1ccc(NC(=O)c2ccccc2C(=O)O)cc1. The van der Waals surface area contributed by atoms with Crippen LogP contribution in [0.4, 0.5) is 11.4 Å². The van der Waals surface area contributed by atoms with E-state index in [9.17, 15) is 19.5 Å². The molecule has 2 amide bonds. The van der Waals surface area contributed by atoms with Crippen LogP contribution in [0.15, 0.2) is 77.7 Å². The van der Waals surface area contributed by atoms with Crippen molar-refractivity contribution in [2.45, 2.75) is 24.0 Å². The van der Waals surface area contributed by atoms with Gasteiger partial charge in [0.2, 0.25) is 5.91 Å². The van der Waals surface area contributed by atoms with E-state index in [0.717, 1.165) is 16.1 Å². The molecule has 158 valence electrons. The summed E-state index contributed by atoms with van der Waals surface area (Å²) in [5.41, 5.74) is 2.36. The fourth-order valence-electron chi connectivity index (χ4n) is 2.89. The fraction of sp³-hybridized carbons (Fsp3) is 0.125. The summed E-state index contributed by atoms with van der Waals surface area (Å²) in [4.78, 5) is 37.1. The summed E-state index contributed by atoms with van der Waals surface area (Å²) in [6, 6.07) is 20.7. The number of rotatable bonds is 7. The van der Waals surface area contributed by atoms with Crippen LogP contribution in [0.3, 0.4) is 0 Å². The molecule has 3 N–H and O–H groups in total. The van der Waals surface area contributed by atoms with Gasteiger partial charge in [0, 0.05) is 16.3 Å². The van der Waals surface area contributed by atoms with Gasteiger partial charge in [-0.25, -0.2) is 4.79 Å². The third kappa shape index (κ3) is 5.73. The summed E-state index contributed by atoms with van der Waals surface area (Å²) in [6.45, 7) is 3.77. The van der Waals surface area contributed by atoms with E-state index in [2.05, 4.69) is 10.6 Å². The van der Waals surface area contributed by atoms with Gasteiger partial charge in [-0.05, 0) is 61.9 Å². The monoisotopic (exact) mass is 434 g/mol. The molecule has 1 unspecified atom stereocenters. The summed E-state index contributed by atoms with van der Waals surface area (Å²) in [6.07, 6.45) is 0. The lowest BCUT2D eigenvalue weighted by atomic mass is 10.1. The molecule has 0 aliphatic heterocycles. The third-order valence-corrected chi connectivity index (χ3v) is 5.71. The maximum Gasteiger partial charge on any atom is 0.336 e. The van der Waals surface area contributed by atoms with Gasteiger partial charge in [-0.15, -0.1) is 11.8 Å². The largest absolute Gasteiger partial charge is 0.478 e. The topological polar surface area (TPSA) is 95.5 Å². The molecule has 0 heterocycles. The first kappa shape index (κ1) is 22.1. The maximum absolute atomic E-state index is 12.5. The number of carbonyl (C=O) groups excluding carboxylic acids is 2. The Labute approximate surface area is 184 Å². The zero-order valence-corrected chi connectivity index (χ0v) is 17.9. The number of anilines is 2. The van der Waals surface area contributed by atoms with Crippen molar-refractivity contribution >= 4 is 40.9 Å². The first-order valence-electron chi connectivity index (χ1n) is 9.62. The van der Waals surface area contributed by atoms with E-state index < -0.39 is 11.9 Å². The standard InChI is InChI=1S/C24H22N2O4S/c1-15-7-3-6-10-21(15)26-22(27)16(2)31-18-13-11-17(12-14-18)25-23(28)19-8-4-5-9-20(19)24(29)30/h3-14,16H,1-2H3,(H,25,28)(H,26,27)(H,29,30). The lowest BCUT2D eigenvalue weighted by molar-refractivity contribution is -0.115. The molecule has 0 aliphatic carbocycles. The number of carbonyl (C=O) groups is 3. The van der Waals surface area contributed by atoms with E-state index in [1.54, 1.807) is 36.4 Å². The highest BCUT2D eigenvalue weighted by atomic mass is 32.2. The van der Waals surface area contributed by atoms with Gasteiger partial charge in [0.1, 0.15) is 0 Å². The summed E-state index contributed by atoms with van der Waals surface area (Å²) >= 11 is 1.40. The molecule has 7 heteroatoms. The molecule has 0 fully saturated rings. The average Bonchev–Trinajstić information content (AvgIpc) is 2.76. The van der Waals surface area contributed by atoms with Crippen LogP contribution >= 0.6 is 11.8 Å². The molecule has 31 heavy (non-hydrogen) atoms. The average molecular weight is 435 g/mol. The zero-order valence-electron chi connectivity index (χ0n) is 17.1. The molecule has 6 nitrogen and oxygen atoms in total. The maximum atomic E-state index is 12.5. The molecule has 3 aromatic carbocycles. The molecule has 3 rings (SSSR count). The predicted molar refractivity (Wildman–Crippen MR) is 123 cm³/mol. The first-order chi connectivity index (χ1) is 14.8. The van der Waals surface area contributed by atoms with Gasteiger partial charge in [0.15, 0.2) is 0 Å². The number of carboxylic acids is 1. The van der Waals surface area contributed by atoms with Crippen LogP contribution in [-0.2, 0) is 4.79 Å². The zero-order chi connectivity index (χ0) is 22.4. The van der Waals surface area contributed by atoms with Gasteiger partial charge in [-0.3, -0.25) is 9.59 Å². The van der Waals surface area contributed by atoms with Crippen LogP contribution in [0, 0.1) is 6.92 Å². The minimum atomic E-state index is -1.16. The third-order valence-electron chi connectivity index (χ3n) is 4.60. The van der Waals surface area contributed by atoms with E-state index in [1.165, 1.54) is 23.9 Å². The van der Waals surface area contributed by atoms with Gasteiger partial charge in [-0.1, -0.05) is 30.3 Å². The number of benzene rings is 3. The molecular formula is C24H22N2O4S. The Bertz CT molecular complexity index is 1110. The number of amides is 2. The molecule has 0 spiro atoms. The number of hydrogen-bond acceptors (Lipinski definition) is 4. The minimum Gasteiger partial charge on any atom is -0.478 e. The smallest absolute Gasteiger partial charge is 0.336 e. The molecule has 0 bridgehead atoms. The van der Waals surface area contributed by atoms with Crippen molar-refractivity contribution in [3.8, 4) is 0 Å². The second-order valence-electron chi connectivity index (χ2n) is 6.89. The van der Waals surface area contributed by atoms with E-state index in [0.29, 0.717) is 5.69 Å². The Morgan fingerprint density at radius 3 is 2.10 bits per heavy atom. The molecule has 1 atom stereocenters. The Kier molecular flexibility index (Phi) is 7.10. The van der Waals surface area contributed by atoms with E-state index in [1.807, 2.05) is 38.1 Å². The molecule has 3 aromatic rings. The highest BCUT2D eigenvalue weighted by Gasteiger charge is 2.17.